The molecule has 15 heavy (non-hydrogen) atoms. The Bertz CT molecular complexity index is 303. The largest absolute Gasteiger partial charge is 0.382 e. The smallest absolute Gasteiger partial charge is 0.144 e. The van der Waals surface area contributed by atoms with E-state index in [2.05, 4.69) is 43.0 Å². The Kier molecular flexibility index (Phi) is 3.50. The van der Waals surface area contributed by atoms with Crippen LogP contribution in [0.15, 0.2) is 12.4 Å². The Morgan fingerprint density at radius 1 is 1.33 bits per heavy atom. The molecule has 1 rings (SSSR count). The van der Waals surface area contributed by atoms with Gasteiger partial charge in [0.2, 0.25) is 0 Å². The van der Waals surface area contributed by atoms with Crippen LogP contribution >= 0.6 is 0 Å². The zero-order chi connectivity index (χ0) is 11.5. The van der Waals surface area contributed by atoms with Crippen LogP contribution in [-0.2, 0) is 0 Å². The van der Waals surface area contributed by atoms with Crippen LogP contribution in [0.4, 0.5) is 11.6 Å². The lowest BCUT2D eigenvalue weighted by atomic mass is 9.81. The van der Waals surface area contributed by atoms with Crippen LogP contribution in [0.25, 0.3) is 0 Å². The van der Waals surface area contributed by atoms with Gasteiger partial charge in [-0.1, -0.05) is 27.7 Å². The topological polar surface area (TPSA) is 63.8 Å². The summed E-state index contributed by atoms with van der Waals surface area (Å²) in [6, 6.07) is 0. The molecule has 4 heteroatoms. The van der Waals surface area contributed by atoms with Crippen LogP contribution in [0.5, 0.6) is 0 Å². The molecule has 4 nitrogen and oxygen atoms in total. The fourth-order valence-electron chi connectivity index (χ4n) is 0.952. The lowest BCUT2D eigenvalue weighted by molar-refractivity contribution is 0.269. The number of aromatic nitrogens is 2. The van der Waals surface area contributed by atoms with E-state index < -0.39 is 0 Å². The second-order valence-corrected chi connectivity index (χ2v) is 4.82. The first-order valence-electron chi connectivity index (χ1n) is 5.23. The van der Waals surface area contributed by atoms with E-state index in [-0.39, 0.29) is 5.41 Å². The van der Waals surface area contributed by atoms with Gasteiger partial charge in [-0.3, -0.25) is 0 Å². The maximum Gasteiger partial charge on any atom is 0.144 e. The summed E-state index contributed by atoms with van der Waals surface area (Å²) in [5.41, 5.74) is 5.69. The molecule has 0 spiro atoms. The predicted molar refractivity (Wildman–Crippen MR) is 63.6 cm³/mol. The van der Waals surface area contributed by atoms with Crippen LogP contribution in [0.2, 0.25) is 0 Å². The molecule has 0 saturated heterocycles. The number of anilines is 2. The third-order valence-corrected chi connectivity index (χ3v) is 2.96. The molecule has 84 valence electrons. The van der Waals surface area contributed by atoms with Gasteiger partial charge in [0.1, 0.15) is 11.6 Å². The molecule has 1 heterocycles. The van der Waals surface area contributed by atoms with E-state index in [1.54, 1.807) is 12.4 Å². The SMILES string of the molecule is CC(C)C(C)(C)CNc1cnc(N)cn1. The number of hydrogen-bond donors (Lipinski definition) is 2. The standard InChI is InChI=1S/C11H20N4/c1-8(2)11(3,4)7-15-10-6-13-9(12)5-14-10/h5-6,8H,7H2,1-4H3,(H2,12,13)(H,14,15). The van der Waals surface area contributed by atoms with Crippen molar-refractivity contribution in [3.8, 4) is 0 Å². The maximum absolute atomic E-state index is 5.46. The molecule has 0 unspecified atom stereocenters. The van der Waals surface area contributed by atoms with Crippen LogP contribution < -0.4 is 11.1 Å². The van der Waals surface area contributed by atoms with Crippen molar-refractivity contribution in [1.82, 2.24) is 9.97 Å². The van der Waals surface area contributed by atoms with E-state index >= 15 is 0 Å². The number of hydrogen-bond acceptors (Lipinski definition) is 4. The van der Waals surface area contributed by atoms with Crippen molar-refractivity contribution in [3.05, 3.63) is 12.4 Å². The first-order valence-corrected chi connectivity index (χ1v) is 5.23. The third-order valence-electron chi connectivity index (χ3n) is 2.96. The molecule has 0 bridgehead atoms. The Balaban J connectivity index is 2.54. The van der Waals surface area contributed by atoms with E-state index in [0.717, 1.165) is 12.4 Å². The van der Waals surface area contributed by atoms with Gasteiger partial charge >= 0.3 is 0 Å². The lowest BCUT2D eigenvalue weighted by Crippen LogP contribution is -2.28. The Labute approximate surface area is 91.3 Å². The van der Waals surface area contributed by atoms with Gasteiger partial charge < -0.3 is 11.1 Å². The molecular weight excluding hydrogens is 188 g/mol. The van der Waals surface area contributed by atoms with E-state index in [1.807, 2.05) is 0 Å². The number of nitrogens with two attached hydrogens (primary N) is 1. The van der Waals surface area contributed by atoms with Crippen molar-refractivity contribution in [2.45, 2.75) is 27.7 Å². The quantitative estimate of drug-likeness (QED) is 0.795. The van der Waals surface area contributed by atoms with Gasteiger partial charge in [0.05, 0.1) is 12.4 Å². The van der Waals surface area contributed by atoms with E-state index in [0.29, 0.717) is 11.7 Å². The fraction of sp³-hybridized carbons (Fsp3) is 0.636. The minimum atomic E-state index is 0.239. The number of nitrogen functional groups attached to an aromatic ring is 1. The molecule has 0 atom stereocenters. The van der Waals surface area contributed by atoms with E-state index in [9.17, 15) is 0 Å². The number of nitrogens with zero attached hydrogens (tertiary/aromatic N) is 2. The van der Waals surface area contributed by atoms with Gasteiger partial charge in [0.25, 0.3) is 0 Å². The summed E-state index contributed by atoms with van der Waals surface area (Å²) in [5.74, 6) is 1.84. The Morgan fingerprint density at radius 2 is 2.00 bits per heavy atom. The summed E-state index contributed by atoms with van der Waals surface area (Å²) in [6.45, 7) is 9.78. The summed E-state index contributed by atoms with van der Waals surface area (Å²) in [4.78, 5) is 8.12. The van der Waals surface area contributed by atoms with Crippen LogP contribution in [0.1, 0.15) is 27.7 Å². The van der Waals surface area contributed by atoms with E-state index in [1.165, 1.54) is 0 Å². The summed E-state index contributed by atoms with van der Waals surface area (Å²) in [5, 5.41) is 3.26. The van der Waals surface area contributed by atoms with Crippen molar-refractivity contribution in [2.75, 3.05) is 17.6 Å². The van der Waals surface area contributed by atoms with Gasteiger partial charge in [-0.2, -0.15) is 0 Å². The van der Waals surface area contributed by atoms with Crippen LogP contribution in [-0.4, -0.2) is 16.5 Å². The zero-order valence-corrected chi connectivity index (χ0v) is 9.91. The predicted octanol–water partition coefficient (Wildman–Crippen LogP) is 2.15. The Morgan fingerprint density at radius 3 is 2.47 bits per heavy atom. The highest BCUT2D eigenvalue weighted by Gasteiger charge is 2.21. The molecule has 1 aromatic heterocycles. The molecular formula is C11H20N4. The molecule has 1 aromatic rings. The first kappa shape index (κ1) is 11.8. The molecule has 0 saturated carbocycles. The fourth-order valence-corrected chi connectivity index (χ4v) is 0.952. The lowest BCUT2D eigenvalue weighted by Gasteiger charge is -2.29. The molecule has 0 aromatic carbocycles. The highest BCUT2D eigenvalue weighted by Crippen LogP contribution is 2.25. The molecule has 0 fully saturated rings. The molecule has 3 N–H and O–H groups in total. The monoisotopic (exact) mass is 208 g/mol. The Hall–Kier alpha value is -1.32. The van der Waals surface area contributed by atoms with Crippen molar-refractivity contribution < 1.29 is 0 Å². The van der Waals surface area contributed by atoms with Crippen molar-refractivity contribution in [3.63, 3.8) is 0 Å². The highest BCUT2D eigenvalue weighted by atomic mass is 15.0. The zero-order valence-electron chi connectivity index (χ0n) is 9.91. The van der Waals surface area contributed by atoms with E-state index in [4.69, 9.17) is 5.73 Å². The highest BCUT2D eigenvalue weighted by molar-refractivity contribution is 5.36. The molecule has 0 radical (unpaired) electrons. The van der Waals surface area contributed by atoms with Gasteiger partial charge in [-0.15, -0.1) is 0 Å². The first-order chi connectivity index (χ1) is 6.92. The summed E-state index contributed by atoms with van der Waals surface area (Å²) in [6.07, 6.45) is 3.22. The minimum absolute atomic E-state index is 0.239. The van der Waals surface area contributed by atoms with Crippen molar-refractivity contribution in [1.29, 1.82) is 0 Å². The summed E-state index contributed by atoms with van der Waals surface area (Å²) < 4.78 is 0. The van der Waals surface area contributed by atoms with Crippen molar-refractivity contribution >= 4 is 11.6 Å². The number of rotatable bonds is 4. The minimum Gasteiger partial charge on any atom is -0.382 e. The second kappa shape index (κ2) is 4.47. The third kappa shape index (κ3) is 3.38. The molecule has 0 aliphatic carbocycles. The maximum atomic E-state index is 5.46. The van der Waals surface area contributed by atoms with Gasteiger partial charge in [-0.05, 0) is 11.3 Å². The van der Waals surface area contributed by atoms with Crippen LogP contribution in [0.3, 0.4) is 0 Å². The van der Waals surface area contributed by atoms with Crippen LogP contribution in [0, 0.1) is 11.3 Å². The summed E-state index contributed by atoms with van der Waals surface area (Å²) in [7, 11) is 0. The summed E-state index contributed by atoms with van der Waals surface area (Å²) >= 11 is 0. The van der Waals surface area contributed by atoms with Gasteiger partial charge in [-0.25, -0.2) is 9.97 Å². The van der Waals surface area contributed by atoms with Gasteiger partial charge in [0, 0.05) is 6.54 Å². The van der Waals surface area contributed by atoms with Gasteiger partial charge in [0.15, 0.2) is 0 Å². The average molecular weight is 208 g/mol. The second-order valence-electron chi connectivity index (χ2n) is 4.82. The van der Waals surface area contributed by atoms with Crippen molar-refractivity contribution in [2.24, 2.45) is 11.3 Å². The molecule has 0 aliphatic rings. The average Bonchev–Trinajstić information content (AvgIpc) is 2.17. The molecule has 0 amide bonds. The molecule has 0 aliphatic heterocycles. The number of nitrogens with one attached hydrogen (secondary N) is 1. The normalized spacial score (nSPS) is 11.8.